The van der Waals surface area contributed by atoms with E-state index in [1.807, 2.05) is 42.5 Å². The second-order valence-corrected chi connectivity index (χ2v) is 6.31. The Morgan fingerprint density at radius 1 is 1.00 bits per heavy atom. The number of fused-ring (bicyclic) bond motifs is 1. The summed E-state index contributed by atoms with van der Waals surface area (Å²) in [5.74, 6) is 2.40. The molecule has 0 saturated carbocycles. The molecule has 0 atom stereocenters. The lowest BCUT2D eigenvalue weighted by Gasteiger charge is -2.20. The first-order chi connectivity index (χ1) is 11.8. The van der Waals surface area contributed by atoms with Crippen molar-refractivity contribution in [1.29, 1.82) is 0 Å². The van der Waals surface area contributed by atoms with Gasteiger partial charge in [-0.15, -0.1) is 0 Å². The zero-order valence-corrected chi connectivity index (χ0v) is 14.3. The Balaban J connectivity index is 1.99. The highest BCUT2D eigenvalue weighted by Crippen LogP contribution is 2.36. The van der Waals surface area contributed by atoms with E-state index in [-0.39, 0.29) is 0 Å². The number of methoxy groups -OCH3 is 1. The molecule has 2 aromatic carbocycles. The van der Waals surface area contributed by atoms with Crippen molar-refractivity contribution in [1.82, 2.24) is 9.97 Å². The molecule has 4 rings (SSSR count). The summed E-state index contributed by atoms with van der Waals surface area (Å²) in [4.78, 5) is 11.9. The fourth-order valence-corrected chi connectivity index (χ4v) is 3.44. The van der Waals surface area contributed by atoms with Gasteiger partial charge in [-0.05, 0) is 37.1 Å². The zero-order valence-electron chi connectivity index (χ0n) is 13.5. The van der Waals surface area contributed by atoms with Crippen molar-refractivity contribution in [3.63, 3.8) is 0 Å². The molecule has 0 unspecified atom stereocenters. The molecule has 0 aliphatic carbocycles. The second kappa shape index (κ2) is 6.29. The lowest BCUT2D eigenvalue weighted by atomic mass is 10.1. The predicted octanol–water partition coefficient (Wildman–Crippen LogP) is 4.56. The largest absolute Gasteiger partial charge is 0.496 e. The summed E-state index contributed by atoms with van der Waals surface area (Å²) in [5.41, 5.74) is 1.73. The van der Waals surface area contributed by atoms with Crippen LogP contribution in [0.25, 0.3) is 22.3 Å². The van der Waals surface area contributed by atoms with Gasteiger partial charge in [0.25, 0.3) is 0 Å². The van der Waals surface area contributed by atoms with Gasteiger partial charge in [0.15, 0.2) is 5.82 Å². The lowest BCUT2D eigenvalue weighted by Crippen LogP contribution is -2.20. The minimum atomic E-state index is 0.656. The molecule has 1 fully saturated rings. The van der Waals surface area contributed by atoms with E-state index in [9.17, 15) is 0 Å². The van der Waals surface area contributed by atoms with Gasteiger partial charge in [-0.2, -0.15) is 0 Å². The maximum absolute atomic E-state index is 6.36. The SMILES string of the molecule is COc1cccc2nc(-c3ccccc3Cl)nc(N3CCCC3)c12. The van der Waals surface area contributed by atoms with Crippen LogP contribution in [0.5, 0.6) is 5.75 Å². The van der Waals surface area contributed by atoms with Crippen LogP contribution in [0.3, 0.4) is 0 Å². The average Bonchev–Trinajstić information content (AvgIpc) is 3.15. The van der Waals surface area contributed by atoms with E-state index in [0.717, 1.165) is 41.1 Å². The summed E-state index contributed by atoms with van der Waals surface area (Å²) >= 11 is 6.36. The van der Waals surface area contributed by atoms with E-state index in [1.165, 1.54) is 12.8 Å². The van der Waals surface area contributed by atoms with E-state index in [2.05, 4.69) is 4.90 Å². The molecular weight excluding hydrogens is 322 g/mol. The molecule has 0 N–H and O–H groups in total. The van der Waals surface area contributed by atoms with Gasteiger partial charge >= 0.3 is 0 Å². The fraction of sp³-hybridized carbons (Fsp3) is 0.263. The number of halogens is 1. The van der Waals surface area contributed by atoms with Crippen LogP contribution in [0.2, 0.25) is 5.02 Å². The minimum absolute atomic E-state index is 0.656. The molecule has 122 valence electrons. The third-order valence-electron chi connectivity index (χ3n) is 4.41. The number of aromatic nitrogens is 2. The Hall–Kier alpha value is -2.33. The van der Waals surface area contributed by atoms with Crippen LogP contribution in [0.4, 0.5) is 5.82 Å². The molecule has 3 aromatic rings. The molecule has 0 spiro atoms. The number of hydrogen-bond donors (Lipinski definition) is 0. The van der Waals surface area contributed by atoms with Crippen LogP contribution in [0.15, 0.2) is 42.5 Å². The molecule has 5 heteroatoms. The Labute approximate surface area is 146 Å². The summed E-state index contributed by atoms with van der Waals surface area (Å²) < 4.78 is 5.56. The van der Waals surface area contributed by atoms with Crippen LogP contribution in [0.1, 0.15) is 12.8 Å². The number of nitrogens with zero attached hydrogens (tertiary/aromatic N) is 3. The summed E-state index contributed by atoms with van der Waals surface area (Å²) in [7, 11) is 1.69. The first kappa shape index (κ1) is 15.2. The third kappa shape index (κ3) is 2.57. The highest BCUT2D eigenvalue weighted by molar-refractivity contribution is 6.33. The molecule has 0 radical (unpaired) electrons. The predicted molar refractivity (Wildman–Crippen MR) is 98.0 cm³/mol. The summed E-state index contributed by atoms with van der Waals surface area (Å²) in [6.45, 7) is 2.01. The topological polar surface area (TPSA) is 38.3 Å². The molecular formula is C19H18ClN3O. The van der Waals surface area contributed by atoms with Gasteiger partial charge in [-0.25, -0.2) is 9.97 Å². The van der Waals surface area contributed by atoms with E-state index in [4.69, 9.17) is 26.3 Å². The quantitative estimate of drug-likeness (QED) is 0.701. The number of rotatable bonds is 3. The maximum atomic E-state index is 6.36. The van der Waals surface area contributed by atoms with Gasteiger partial charge in [-0.1, -0.05) is 29.8 Å². The molecule has 1 saturated heterocycles. The van der Waals surface area contributed by atoms with Gasteiger partial charge in [0.2, 0.25) is 0 Å². The van der Waals surface area contributed by atoms with Crippen LogP contribution in [-0.2, 0) is 0 Å². The van der Waals surface area contributed by atoms with Crippen LogP contribution in [0, 0.1) is 0 Å². The van der Waals surface area contributed by atoms with E-state index in [1.54, 1.807) is 7.11 Å². The van der Waals surface area contributed by atoms with Gasteiger partial charge in [-0.3, -0.25) is 0 Å². The highest BCUT2D eigenvalue weighted by atomic mass is 35.5. The van der Waals surface area contributed by atoms with Gasteiger partial charge in [0.05, 0.1) is 23.0 Å². The first-order valence-corrected chi connectivity index (χ1v) is 8.50. The van der Waals surface area contributed by atoms with Crippen molar-refractivity contribution in [2.75, 3.05) is 25.1 Å². The molecule has 1 aliphatic heterocycles. The van der Waals surface area contributed by atoms with Gasteiger partial charge in [0.1, 0.15) is 11.6 Å². The van der Waals surface area contributed by atoms with E-state index >= 15 is 0 Å². The van der Waals surface area contributed by atoms with Crippen molar-refractivity contribution < 1.29 is 4.74 Å². The monoisotopic (exact) mass is 339 g/mol. The fourth-order valence-electron chi connectivity index (χ4n) is 3.22. The van der Waals surface area contributed by atoms with Crippen LogP contribution < -0.4 is 9.64 Å². The number of anilines is 1. The molecule has 2 heterocycles. The molecule has 0 amide bonds. The average molecular weight is 340 g/mol. The maximum Gasteiger partial charge on any atom is 0.163 e. The normalized spacial score (nSPS) is 14.3. The Morgan fingerprint density at radius 3 is 2.54 bits per heavy atom. The van der Waals surface area contributed by atoms with Crippen molar-refractivity contribution in [3.8, 4) is 17.1 Å². The van der Waals surface area contributed by atoms with Crippen LogP contribution in [-0.4, -0.2) is 30.2 Å². The molecule has 4 nitrogen and oxygen atoms in total. The molecule has 1 aliphatic rings. The summed E-state index contributed by atoms with van der Waals surface area (Å²) in [5, 5.41) is 1.63. The van der Waals surface area contributed by atoms with E-state index < -0.39 is 0 Å². The van der Waals surface area contributed by atoms with Crippen molar-refractivity contribution in [2.24, 2.45) is 0 Å². The number of ether oxygens (including phenoxy) is 1. The standard InChI is InChI=1S/C19H18ClN3O/c1-24-16-10-6-9-15-17(16)19(23-11-4-5-12-23)22-18(21-15)13-7-2-3-8-14(13)20/h2-3,6-10H,4-5,11-12H2,1H3. The second-order valence-electron chi connectivity index (χ2n) is 5.90. The van der Waals surface area contributed by atoms with Crippen molar-refractivity contribution in [3.05, 3.63) is 47.5 Å². The first-order valence-electron chi connectivity index (χ1n) is 8.12. The zero-order chi connectivity index (χ0) is 16.5. The number of benzene rings is 2. The highest BCUT2D eigenvalue weighted by Gasteiger charge is 2.21. The van der Waals surface area contributed by atoms with Gasteiger partial charge in [0, 0.05) is 18.7 Å². The number of hydrogen-bond acceptors (Lipinski definition) is 4. The van der Waals surface area contributed by atoms with Gasteiger partial charge < -0.3 is 9.64 Å². The van der Waals surface area contributed by atoms with Crippen molar-refractivity contribution >= 4 is 28.3 Å². The molecule has 24 heavy (non-hydrogen) atoms. The lowest BCUT2D eigenvalue weighted by molar-refractivity contribution is 0.419. The van der Waals surface area contributed by atoms with Crippen molar-refractivity contribution in [2.45, 2.75) is 12.8 Å². The minimum Gasteiger partial charge on any atom is -0.496 e. The summed E-state index contributed by atoms with van der Waals surface area (Å²) in [6.07, 6.45) is 2.37. The smallest absolute Gasteiger partial charge is 0.163 e. The Morgan fingerprint density at radius 2 is 1.79 bits per heavy atom. The Kier molecular flexibility index (Phi) is 3.98. The third-order valence-corrected chi connectivity index (χ3v) is 4.74. The van der Waals surface area contributed by atoms with Crippen LogP contribution >= 0.6 is 11.6 Å². The summed E-state index contributed by atoms with van der Waals surface area (Å²) in [6, 6.07) is 13.6. The molecule has 1 aromatic heterocycles. The molecule has 0 bridgehead atoms. The van der Waals surface area contributed by atoms with E-state index in [0.29, 0.717) is 10.8 Å². The Bertz CT molecular complexity index is 891.